The molecular formula is C16H16N2OS3. The van der Waals surface area contributed by atoms with Crippen LogP contribution in [0.1, 0.15) is 17.5 Å². The van der Waals surface area contributed by atoms with E-state index in [0.717, 1.165) is 22.1 Å². The largest absolute Gasteiger partial charge is 0.337 e. The van der Waals surface area contributed by atoms with Crippen molar-refractivity contribution >= 4 is 39.9 Å². The van der Waals surface area contributed by atoms with Gasteiger partial charge in [-0.25, -0.2) is 4.98 Å². The van der Waals surface area contributed by atoms with Crippen molar-refractivity contribution in [1.82, 2.24) is 9.88 Å². The molecule has 3 aromatic heterocycles. The van der Waals surface area contributed by atoms with Gasteiger partial charge in [0, 0.05) is 16.8 Å². The predicted octanol–water partition coefficient (Wildman–Crippen LogP) is 4.52. The van der Waals surface area contributed by atoms with E-state index < -0.39 is 0 Å². The fourth-order valence-electron chi connectivity index (χ4n) is 2.14. The fourth-order valence-corrected chi connectivity index (χ4v) is 4.49. The summed E-state index contributed by atoms with van der Waals surface area (Å²) in [5.74, 6) is 0.138. The van der Waals surface area contributed by atoms with E-state index >= 15 is 0 Å². The van der Waals surface area contributed by atoms with Gasteiger partial charge in [-0.2, -0.15) is 0 Å². The van der Waals surface area contributed by atoms with Crippen molar-refractivity contribution in [2.45, 2.75) is 19.9 Å². The van der Waals surface area contributed by atoms with Crippen molar-refractivity contribution in [3.63, 3.8) is 0 Å². The smallest absolute Gasteiger partial charge is 0.228 e. The molecule has 0 aliphatic carbocycles. The van der Waals surface area contributed by atoms with Crippen LogP contribution in [0.5, 0.6) is 0 Å². The summed E-state index contributed by atoms with van der Waals surface area (Å²) in [4.78, 5) is 21.3. The lowest BCUT2D eigenvalue weighted by atomic mass is 10.3. The molecule has 0 saturated heterocycles. The summed E-state index contributed by atoms with van der Waals surface area (Å²) >= 11 is 4.97. The summed E-state index contributed by atoms with van der Waals surface area (Å²) in [6.45, 7) is 3.43. The molecule has 0 saturated carbocycles. The zero-order chi connectivity index (χ0) is 15.4. The van der Waals surface area contributed by atoms with Crippen molar-refractivity contribution in [3.05, 3.63) is 51.0 Å². The van der Waals surface area contributed by atoms with E-state index in [-0.39, 0.29) is 5.91 Å². The molecular weight excluding hydrogens is 332 g/mol. The normalized spacial score (nSPS) is 10.8. The molecule has 22 heavy (non-hydrogen) atoms. The molecule has 0 N–H and O–H groups in total. The van der Waals surface area contributed by atoms with Crippen LogP contribution in [-0.4, -0.2) is 22.3 Å². The molecule has 3 heterocycles. The van der Waals surface area contributed by atoms with Crippen LogP contribution < -0.4 is 0 Å². The van der Waals surface area contributed by atoms with Crippen molar-refractivity contribution in [2.75, 3.05) is 6.54 Å². The Morgan fingerprint density at radius 3 is 2.68 bits per heavy atom. The number of amides is 1. The molecule has 6 heteroatoms. The molecule has 3 aromatic rings. The van der Waals surface area contributed by atoms with Gasteiger partial charge in [-0.15, -0.1) is 34.0 Å². The summed E-state index contributed by atoms with van der Waals surface area (Å²) < 4.78 is 0. The van der Waals surface area contributed by atoms with E-state index in [2.05, 4.69) is 17.1 Å². The number of thiophene rings is 2. The van der Waals surface area contributed by atoms with Gasteiger partial charge in [0.25, 0.3) is 0 Å². The Kier molecular flexibility index (Phi) is 5.02. The van der Waals surface area contributed by atoms with Crippen LogP contribution in [0.25, 0.3) is 9.88 Å². The van der Waals surface area contributed by atoms with E-state index in [0.29, 0.717) is 13.0 Å². The van der Waals surface area contributed by atoms with Gasteiger partial charge < -0.3 is 4.90 Å². The molecule has 0 aliphatic rings. The van der Waals surface area contributed by atoms with Gasteiger partial charge in [-0.3, -0.25) is 4.79 Å². The Hall–Kier alpha value is -1.50. The van der Waals surface area contributed by atoms with Crippen LogP contribution >= 0.6 is 34.0 Å². The van der Waals surface area contributed by atoms with Crippen LogP contribution in [0.4, 0.5) is 0 Å². The Labute approximate surface area is 141 Å². The highest BCUT2D eigenvalue weighted by Crippen LogP contribution is 2.28. The van der Waals surface area contributed by atoms with Crippen LogP contribution in [0.2, 0.25) is 0 Å². The molecule has 0 aromatic carbocycles. The second-order valence-corrected chi connectivity index (χ2v) is 7.62. The number of nitrogens with zero attached hydrogens (tertiary/aromatic N) is 2. The fraction of sp³-hybridized carbons (Fsp3) is 0.250. The third kappa shape index (κ3) is 3.63. The monoisotopic (exact) mass is 348 g/mol. The quantitative estimate of drug-likeness (QED) is 0.656. The topological polar surface area (TPSA) is 33.2 Å². The van der Waals surface area contributed by atoms with E-state index in [4.69, 9.17) is 0 Å². The SMILES string of the molecule is CCN(Cc1cccs1)C(=O)Cc1csc(-c2cccs2)n1. The summed E-state index contributed by atoms with van der Waals surface area (Å²) in [5, 5.41) is 7.08. The Balaban J connectivity index is 1.65. The van der Waals surface area contributed by atoms with Crippen molar-refractivity contribution in [3.8, 4) is 9.88 Å². The molecule has 0 atom stereocenters. The molecule has 0 unspecified atom stereocenters. The maximum absolute atomic E-state index is 12.5. The van der Waals surface area contributed by atoms with Crippen LogP contribution in [0.3, 0.4) is 0 Å². The average Bonchev–Trinajstić information content (AvgIpc) is 3.25. The first-order valence-electron chi connectivity index (χ1n) is 7.04. The molecule has 0 aliphatic heterocycles. The lowest BCUT2D eigenvalue weighted by Crippen LogP contribution is -2.31. The van der Waals surface area contributed by atoms with Crippen molar-refractivity contribution < 1.29 is 4.79 Å². The second-order valence-electron chi connectivity index (χ2n) is 4.79. The summed E-state index contributed by atoms with van der Waals surface area (Å²) in [7, 11) is 0. The third-order valence-corrected chi connectivity index (χ3v) is 6.07. The Bertz CT molecular complexity index is 717. The van der Waals surface area contributed by atoms with Gasteiger partial charge in [0.05, 0.1) is 23.5 Å². The number of carbonyl (C=O) groups excluding carboxylic acids is 1. The van der Waals surface area contributed by atoms with Crippen LogP contribution in [-0.2, 0) is 17.8 Å². The minimum absolute atomic E-state index is 0.138. The number of hydrogen-bond donors (Lipinski definition) is 0. The average molecular weight is 349 g/mol. The third-order valence-electron chi connectivity index (χ3n) is 3.28. The number of carbonyl (C=O) groups is 1. The molecule has 0 spiro atoms. The van der Waals surface area contributed by atoms with E-state index in [1.807, 2.05) is 40.1 Å². The first-order chi connectivity index (χ1) is 10.8. The zero-order valence-corrected chi connectivity index (χ0v) is 14.6. The van der Waals surface area contributed by atoms with Gasteiger partial charge in [-0.05, 0) is 29.8 Å². The first kappa shape index (κ1) is 15.4. The number of hydrogen-bond acceptors (Lipinski definition) is 5. The predicted molar refractivity (Wildman–Crippen MR) is 94.5 cm³/mol. The molecule has 0 bridgehead atoms. The van der Waals surface area contributed by atoms with Crippen molar-refractivity contribution in [1.29, 1.82) is 0 Å². The lowest BCUT2D eigenvalue weighted by Gasteiger charge is -2.19. The van der Waals surface area contributed by atoms with Gasteiger partial charge in [0.2, 0.25) is 5.91 Å². The Morgan fingerprint density at radius 1 is 1.18 bits per heavy atom. The standard InChI is InChI=1S/C16H16N2OS3/c1-2-18(10-13-5-3-7-20-13)15(19)9-12-11-22-16(17-12)14-6-4-8-21-14/h3-8,11H,2,9-10H2,1H3. The minimum Gasteiger partial charge on any atom is -0.337 e. The minimum atomic E-state index is 0.138. The summed E-state index contributed by atoms with van der Waals surface area (Å²) in [6, 6.07) is 8.17. The highest BCUT2D eigenvalue weighted by Gasteiger charge is 2.15. The first-order valence-corrected chi connectivity index (χ1v) is 9.68. The van der Waals surface area contributed by atoms with Crippen molar-refractivity contribution in [2.24, 2.45) is 0 Å². The van der Waals surface area contributed by atoms with E-state index in [1.54, 1.807) is 34.0 Å². The number of aromatic nitrogens is 1. The highest BCUT2D eigenvalue weighted by atomic mass is 32.1. The number of rotatable bonds is 6. The van der Waals surface area contributed by atoms with Crippen LogP contribution in [0.15, 0.2) is 40.4 Å². The number of likely N-dealkylation sites (N-methyl/N-ethyl adjacent to an activating group) is 1. The summed E-state index contributed by atoms with van der Waals surface area (Å²) in [5.41, 5.74) is 0.864. The van der Waals surface area contributed by atoms with E-state index in [9.17, 15) is 4.79 Å². The summed E-state index contributed by atoms with van der Waals surface area (Å²) in [6.07, 6.45) is 0.376. The molecule has 0 radical (unpaired) electrons. The molecule has 114 valence electrons. The number of thiazole rings is 1. The zero-order valence-electron chi connectivity index (χ0n) is 12.2. The van der Waals surface area contributed by atoms with Crippen LogP contribution in [0, 0.1) is 0 Å². The molecule has 3 nitrogen and oxygen atoms in total. The Morgan fingerprint density at radius 2 is 2.00 bits per heavy atom. The maximum atomic E-state index is 12.5. The molecule has 0 fully saturated rings. The second kappa shape index (κ2) is 7.17. The van der Waals surface area contributed by atoms with Gasteiger partial charge in [-0.1, -0.05) is 12.1 Å². The highest BCUT2D eigenvalue weighted by molar-refractivity contribution is 7.20. The maximum Gasteiger partial charge on any atom is 0.228 e. The lowest BCUT2D eigenvalue weighted by molar-refractivity contribution is -0.130. The van der Waals surface area contributed by atoms with Gasteiger partial charge >= 0.3 is 0 Å². The van der Waals surface area contributed by atoms with E-state index in [1.165, 1.54) is 4.88 Å². The molecule has 3 rings (SSSR count). The molecule has 1 amide bonds. The van der Waals surface area contributed by atoms with Gasteiger partial charge in [0.1, 0.15) is 5.01 Å². The van der Waals surface area contributed by atoms with Gasteiger partial charge in [0.15, 0.2) is 0 Å².